The van der Waals surface area contributed by atoms with Crippen LogP contribution in [0.15, 0.2) is 0 Å². The molecule has 0 aromatic carbocycles. The molecule has 4 rings (SSSR count). The van der Waals surface area contributed by atoms with Crippen LogP contribution in [-0.4, -0.2) is 68.5 Å². The van der Waals surface area contributed by atoms with Crippen LogP contribution in [0.4, 0.5) is 0 Å². The summed E-state index contributed by atoms with van der Waals surface area (Å²) < 4.78 is 10.1. The third kappa shape index (κ3) is 1.21. The van der Waals surface area contributed by atoms with Gasteiger partial charge in [0.1, 0.15) is 12.7 Å². The molecule has 2 saturated carbocycles. The molecule has 4 fully saturated rings. The van der Waals surface area contributed by atoms with Gasteiger partial charge in [-0.3, -0.25) is 0 Å². The highest BCUT2D eigenvalue weighted by Crippen LogP contribution is 2.71. The van der Waals surface area contributed by atoms with E-state index in [1.54, 1.807) is 6.92 Å². The number of hydrogen-bond acceptors (Lipinski definition) is 8. The Kier molecular flexibility index (Phi) is 2.58. The predicted molar refractivity (Wildman–Crippen MR) is 71.7 cm³/mol. The molecule has 8 atom stereocenters. The molecule has 0 amide bonds. The van der Waals surface area contributed by atoms with Crippen molar-refractivity contribution in [2.24, 2.45) is 16.7 Å². The van der Waals surface area contributed by atoms with E-state index in [2.05, 4.69) is 0 Å². The van der Waals surface area contributed by atoms with Crippen molar-refractivity contribution in [1.82, 2.24) is 0 Å². The highest BCUT2D eigenvalue weighted by atomic mass is 16.6. The summed E-state index contributed by atoms with van der Waals surface area (Å²) in [6.45, 7) is 2.85. The second-order valence-corrected chi connectivity index (χ2v) is 7.67. The van der Waals surface area contributed by atoms with Gasteiger partial charge in [0.15, 0.2) is 6.10 Å². The quantitative estimate of drug-likeness (QED) is 0.379. The minimum absolute atomic E-state index is 0.115. The normalized spacial score (nSPS) is 60.8. The average Bonchev–Trinajstić information content (AvgIpc) is 2.85. The van der Waals surface area contributed by atoms with Crippen LogP contribution in [-0.2, 0) is 19.1 Å². The molecule has 2 aliphatic carbocycles. The fourth-order valence-electron chi connectivity index (χ4n) is 5.64. The molecule has 4 aliphatic rings. The topological polar surface area (TPSA) is 134 Å². The Morgan fingerprint density at radius 2 is 1.83 bits per heavy atom. The van der Waals surface area contributed by atoms with E-state index in [1.165, 1.54) is 6.92 Å². The highest BCUT2D eigenvalue weighted by Gasteiger charge is 2.86. The summed E-state index contributed by atoms with van der Waals surface area (Å²) in [7, 11) is 0. The maximum Gasteiger partial charge on any atom is 0.342 e. The maximum atomic E-state index is 12.2. The number of aliphatic hydroxyl groups is 4. The van der Waals surface area contributed by atoms with Crippen LogP contribution < -0.4 is 0 Å². The zero-order valence-corrected chi connectivity index (χ0v) is 12.9. The van der Waals surface area contributed by atoms with E-state index in [-0.39, 0.29) is 19.4 Å². The van der Waals surface area contributed by atoms with Crippen LogP contribution in [0.25, 0.3) is 0 Å². The lowest BCUT2D eigenvalue weighted by molar-refractivity contribution is -0.320. The van der Waals surface area contributed by atoms with Crippen molar-refractivity contribution < 1.29 is 39.5 Å². The van der Waals surface area contributed by atoms with E-state index in [9.17, 15) is 30.0 Å². The van der Waals surface area contributed by atoms with E-state index in [0.29, 0.717) is 0 Å². The van der Waals surface area contributed by atoms with Gasteiger partial charge in [-0.2, -0.15) is 0 Å². The van der Waals surface area contributed by atoms with Crippen molar-refractivity contribution in [2.45, 2.75) is 56.2 Å². The molecule has 2 aliphatic heterocycles. The van der Waals surface area contributed by atoms with E-state index in [0.717, 1.165) is 0 Å². The van der Waals surface area contributed by atoms with E-state index in [1.807, 2.05) is 0 Å². The fourth-order valence-corrected chi connectivity index (χ4v) is 5.64. The predicted octanol–water partition coefficient (Wildman–Crippen LogP) is -1.91. The molecule has 0 aromatic heterocycles. The van der Waals surface area contributed by atoms with Crippen LogP contribution in [0.3, 0.4) is 0 Å². The Morgan fingerprint density at radius 3 is 2.48 bits per heavy atom. The first-order chi connectivity index (χ1) is 10.6. The largest absolute Gasteiger partial charge is 0.463 e. The van der Waals surface area contributed by atoms with Gasteiger partial charge in [-0.1, -0.05) is 6.92 Å². The van der Waals surface area contributed by atoms with E-state index in [4.69, 9.17) is 9.47 Å². The molecule has 2 bridgehead atoms. The molecule has 23 heavy (non-hydrogen) atoms. The molecule has 8 nitrogen and oxygen atoms in total. The minimum Gasteiger partial charge on any atom is -0.463 e. The number of esters is 2. The lowest BCUT2D eigenvalue weighted by Crippen LogP contribution is -2.80. The molecule has 0 aromatic rings. The average molecular weight is 328 g/mol. The standard InChI is InChI=1S/C15H20O8/c1-6-7(16)3-14(20)12(2)5-22-11(19)15(12,21)8-4-13(6,14)9(17)10(18)23-8/h6-9,16-17,20-21H,3-5H2,1-2H3. The van der Waals surface area contributed by atoms with Gasteiger partial charge in [-0.15, -0.1) is 0 Å². The molecule has 8 heteroatoms. The zero-order valence-electron chi connectivity index (χ0n) is 12.9. The maximum absolute atomic E-state index is 12.2. The Bertz CT molecular complexity index is 621. The van der Waals surface area contributed by atoms with Gasteiger partial charge in [0.2, 0.25) is 5.60 Å². The van der Waals surface area contributed by atoms with Gasteiger partial charge in [0, 0.05) is 11.8 Å². The number of carbonyl (C=O) groups excluding carboxylic acids is 2. The Labute approximate surface area is 132 Å². The van der Waals surface area contributed by atoms with Crippen molar-refractivity contribution in [2.75, 3.05) is 6.61 Å². The van der Waals surface area contributed by atoms with Crippen molar-refractivity contribution in [3.63, 3.8) is 0 Å². The van der Waals surface area contributed by atoms with Crippen LogP contribution >= 0.6 is 0 Å². The number of ether oxygens (including phenoxy) is 2. The molecule has 0 radical (unpaired) electrons. The SMILES string of the molecule is CC1C(O)CC2(O)C13CC(OC(=O)C3O)C1(O)C(=O)OCC12C. The smallest absolute Gasteiger partial charge is 0.342 e. The molecule has 8 unspecified atom stereocenters. The molecule has 2 heterocycles. The zero-order chi connectivity index (χ0) is 17.0. The molecule has 4 N–H and O–H groups in total. The number of fused-ring (bicyclic) bond motifs is 4. The number of rotatable bonds is 0. The third-order valence-corrected chi connectivity index (χ3v) is 7.18. The van der Waals surface area contributed by atoms with Gasteiger partial charge < -0.3 is 29.9 Å². The van der Waals surface area contributed by atoms with E-state index >= 15 is 0 Å². The van der Waals surface area contributed by atoms with E-state index < -0.39 is 58.2 Å². The number of hydrogen-bond donors (Lipinski definition) is 4. The summed E-state index contributed by atoms with van der Waals surface area (Å²) in [5, 5.41) is 43.5. The summed E-state index contributed by atoms with van der Waals surface area (Å²) in [4.78, 5) is 24.4. The lowest BCUT2D eigenvalue weighted by atomic mass is 9.44. The monoisotopic (exact) mass is 328 g/mol. The van der Waals surface area contributed by atoms with Crippen molar-refractivity contribution >= 4 is 11.9 Å². The first-order valence-corrected chi connectivity index (χ1v) is 7.75. The lowest BCUT2D eigenvalue weighted by Gasteiger charge is -2.64. The summed E-state index contributed by atoms with van der Waals surface area (Å²) in [5.41, 5.74) is -6.96. The fraction of sp³-hybridized carbons (Fsp3) is 0.867. The molecule has 128 valence electrons. The Balaban J connectivity index is 2.02. The number of carbonyl (C=O) groups is 2. The third-order valence-electron chi connectivity index (χ3n) is 7.18. The molecule has 1 spiro atoms. The van der Waals surface area contributed by atoms with Crippen LogP contribution in [0.2, 0.25) is 0 Å². The van der Waals surface area contributed by atoms with Gasteiger partial charge in [0.05, 0.1) is 17.1 Å². The van der Waals surface area contributed by atoms with Crippen molar-refractivity contribution in [1.29, 1.82) is 0 Å². The highest BCUT2D eigenvalue weighted by molar-refractivity contribution is 5.87. The molecular formula is C15H20O8. The second kappa shape index (κ2) is 3.88. The Hall–Kier alpha value is -1.22. The molecular weight excluding hydrogens is 308 g/mol. The van der Waals surface area contributed by atoms with Crippen molar-refractivity contribution in [3.05, 3.63) is 0 Å². The minimum atomic E-state index is -2.20. The van der Waals surface area contributed by atoms with Gasteiger partial charge >= 0.3 is 11.9 Å². The van der Waals surface area contributed by atoms with Gasteiger partial charge in [0.25, 0.3) is 0 Å². The number of aliphatic hydroxyl groups excluding tert-OH is 2. The van der Waals surface area contributed by atoms with Crippen LogP contribution in [0.5, 0.6) is 0 Å². The van der Waals surface area contributed by atoms with Gasteiger partial charge in [-0.05, 0) is 19.3 Å². The molecule has 2 saturated heterocycles. The summed E-state index contributed by atoms with van der Waals surface area (Å²) in [6, 6.07) is 0. The Morgan fingerprint density at radius 1 is 1.17 bits per heavy atom. The van der Waals surface area contributed by atoms with Crippen LogP contribution in [0.1, 0.15) is 26.7 Å². The summed E-state index contributed by atoms with van der Waals surface area (Å²) in [6.07, 6.45) is -4.15. The van der Waals surface area contributed by atoms with Crippen molar-refractivity contribution in [3.8, 4) is 0 Å². The van der Waals surface area contributed by atoms with Gasteiger partial charge in [-0.25, -0.2) is 9.59 Å². The second-order valence-electron chi connectivity index (χ2n) is 7.67. The first kappa shape index (κ1) is 15.3. The summed E-state index contributed by atoms with van der Waals surface area (Å²) in [5.74, 6) is -2.57. The van der Waals surface area contributed by atoms with Crippen LogP contribution in [0, 0.1) is 16.7 Å². The number of cyclic esters (lactones) is 1. The summed E-state index contributed by atoms with van der Waals surface area (Å²) >= 11 is 0. The first-order valence-electron chi connectivity index (χ1n) is 7.75.